The van der Waals surface area contributed by atoms with Gasteiger partial charge in [0.1, 0.15) is 22.7 Å². The third-order valence-corrected chi connectivity index (χ3v) is 20.7. The summed E-state index contributed by atoms with van der Waals surface area (Å²) < 4.78 is 17.7. The number of para-hydroxylation sites is 4. The average molecular weight is 1280 g/mol. The molecular weight excluding hydrogens is 1220 g/mol. The summed E-state index contributed by atoms with van der Waals surface area (Å²) in [6, 6.07) is 129. The molecule has 4 aromatic heterocycles. The van der Waals surface area contributed by atoms with E-state index >= 15 is 0 Å². The minimum absolute atomic E-state index is 0.866. The molecule has 0 spiro atoms. The van der Waals surface area contributed by atoms with E-state index in [1.54, 1.807) is 0 Å². The normalized spacial score (nSPS) is 12.0. The smallest absolute Gasteiger partial charge is 0.135 e. The molecule has 0 atom stereocenters. The first-order chi connectivity index (χ1) is 49.5. The van der Waals surface area contributed by atoms with Gasteiger partial charge in [-0.3, -0.25) is 0 Å². The maximum Gasteiger partial charge on any atom is 0.135 e. The fraction of sp³-hybridized carbons (Fsp3) is 0. The second-order valence-electron chi connectivity index (χ2n) is 26.5. The van der Waals surface area contributed by atoms with Gasteiger partial charge in [0.2, 0.25) is 0 Å². The zero-order valence-electron chi connectivity index (χ0n) is 54.1. The number of rotatable bonds is 10. The van der Waals surface area contributed by atoms with Crippen molar-refractivity contribution in [3.63, 3.8) is 0 Å². The van der Waals surface area contributed by atoms with Crippen LogP contribution in [0.4, 0.5) is 34.1 Å². The van der Waals surface area contributed by atoms with Crippen molar-refractivity contribution < 1.29 is 8.83 Å². The third kappa shape index (κ3) is 8.97. The summed E-state index contributed by atoms with van der Waals surface area (Å²) in [7, 11) is 0. The van der Waals surface area contributed by atoms with Gasteiger partial charge in [-0.05, 0) is 199 Å². The van der Waals surface area contributed by atoms with Crippen LogP contribution in [0.1, 0.15) is 0 Å². The first kappa shape index (κ1) is 55.8. The van der Waals surface area contributed by atoms with Gasteiger partial charge in [0, 0.05) is 99.7 Å². The first-order valence-corrected chi connectivity index (χ1v) is 34.2. The molecule has 0 saturated carbocycles. The lowest BCUT2D eigenvalue weighted by atomic mass is 10.0. The van der Waals surface area contributed by atoms with E-state index in [1.807, 2.05) is 24.3 Å². The maximum absolute atomic E-state index is 6.32. The van der Waals surface area contributed by atoms with Gasteiger partial charge in [-0.15, -0.1) is 0 Å². The van der Waals surface area contributed by atoms with Crippen LogP contribution in [-0.4, -0.2) is 9.13 Å². The molecule has 21 rings (SSSR count). The van der Waals surface area contributed by atoms with Gasteiger partial charge in [-0.2, -0.15) is 0 Å². The molecule has 0 aliphatic heterocycles. The molecule has 4 heterocycles. The fourth-order valence-corrected chi connectivity index (χ4v) is 15.9. The average Bonchev–Trinajstić information content (AvgIpc) is 1.54. The molecule has 6 nitrogen and oxygen atoms in total. The molecule has 0 radical (unpaired) electrons. The molecule has 0 fully saturated rings. The van der Waals surface area contributed by atoms with Crippen LogP contribution >= 0.6 is 0 Å². The number of benzene rings is 17. The Bertz CT molecular complexity index is 6450. The standard InChI is InChI=1S/C94H58N4O2/c1-3-21-73(22-4-1)95(75-39-33-63-47-71(29-27-65(63)51-75)91-55-69-19-11-13-25-89(69)99-91)77-41-45-81-67(53-77)35-43-83-85-57-88-86(58-87(85)97(93(81)83)79-37-31-59-15-7-9-17-61(59)49-79)84-44-36-68-54-78(42-46-82(68)94(84)98(88)80-38-32-60-16-8-10-18-62(60)50-80)96(74-23-5-2-6-24-74)76-40-34-64-48-72(30-28-66(64)52-76)92-56-70-20-12-14-26-90(70)100-92/h1-58H. The number of aromatic nitrogens is 2. The highest BCUT2D eigenvalue weighted by molar-refractivity contribution is 6.26. The summed E-state index contributed by atoms with van der Waals surface area (Å²) >= 11 is 0. The van der Waals surface area contributed by atoms with Crippen molar-refractivity contribution in [1.82, 2.24) is 9.13 Å². The van der Waals surface area contributed by atoms with Crippen molar-refractivity contribution in [3.05, 3.63) is 352 Å². The summed E-state index contributed by atoms with van der Waals surface area (Å²) in [4.78, 5) is 4.76. The van der Waals surface area contributed by atoms with Crippen LogP contribution in [0.15, 0.2) is 361 Å². The molecular formula is C94H58N4O2. The van der Waals surface area contributed by atoms with Gasteiger partial charge in [-0.25, -0.2) is 0 Å². The minimum Gasteiger partial charge on any atom is -0.456 e. The topological polar surface area (TPSA) is 42.6 Å². The largest absolute Gasteiger partial charge is 0.456 e. The molecule has 0 aliphatic rings. The molecule has 17 aromatic carbocycles. The van der Waals surface area contributed by atoms with Crippen LogP contribution in [-0.2, 0) is 0 Å². The Morgan fingerprint density at radius 3 is 0.970 bits per heavy atom. The number of furan rings is 2. The summed E-state index contributed by atoms with van der Waals surface area (Å²) in [5, 5.41) is 21.0. The molecule has 466 valence electrons. The van der Waals surface area contributed by atoms with Gasteiger partial charge in [0.25, 0.3) is 0 Å². The van der Waals surface area contributed by atoms with Crippen molar-refractivity contribution in [2.45, 2.75) is 0 Å². The Morgan fingerprint density at radius 2 is 0.530 bits per heavy atom. The van der Waals surface area contributed by atoms with Gasteiger partial charge < -0.3 is 27.8 Å². The lowest BCUT2D eigenvalue weighted by Gasteiger charge is -2.26. The molecule has 0 N–H and O–H groups in total. The number of hydrogen-bond donors (Lipinski definition) is 0. The fourth-order valence-electron chi connectivity index (χ4n) is 15.9. The molecule has 0 unspecified atom stereocenters. The Balaban J connectivity index is 0.738. The molecule has 0 saturated heterocycles. The van der Waals surface area contributed by atoms with Crippen molar-refractivity contribution in [3.8, 4) is 34.0 Å². The SMILES string of the molecule is c1ccc(N(c2ccc3cc(-c4cc5ccccc5o4)ccc3c2)c2ccc3c(ccc4c5cc6c(cc5n(-c5ccc7ccccc7c5)c34)c3ccc4cc(N(c5ccccc5)c5ccc7cc(-c8cc9ccccc9o8)ccc7c5)ccc4c3n6-c3ccc4ccccc4c3)c2)cc1. The van der Waals surface area contributed by atoms with Crippen LogP contribution in [0.3, 0.4) is 0 Å². The van der Waals surface area contributed by atoms with E-state index in [0.29, 0.717) is 0 Å². The highest BCUT2D eigenvalue weighted by atomic mass is 16.3. The highest BCUT2D eigenvalue weighted by Gasteiger charge is 2.25. The molecule has 6 heteroatoms. The number of anilines is 6. The third-order valence-electron chi connectivity index (χ3n) is 20.7. The summed E-state index contributed by atoms with van der Waals surface area (Å²) in [5.74, 6) is 1.73. The maximum atomic E-state index is 6.32. The van der Waals surface area contributed by atoms with E-state index in [9.17, 15) is 0 Å². The molecule has 0 amide bonds. The van der Waals surface area contributed by atoms with E-state index < -0.39 is 0 Å². The quantitative estimate of drug-likeness (QED) is 0.137. The molecule has 100 heavy (non-hydrogen) atoms. The Morgan fingerprint density at radius 1 is 0.200 bits per heavy atom. The monoisotopic (exact) mass is 1270 g/mol. The molecule has 0 aliphatic carbocycles. The zero-order chi connectivity index (χ0) is 65.5. The molecule has 0 bridgehead atoms. The Labute approximate surface area is 574 Å². The molecule has 21 aromatic rings. The number of fused-ring (bicyclic) bond motifs is 16. The van der Waals surface area contributed by atoms with E-state index in [0.717, 1.165) is 133 Å². The van der Waals surface area contributed by atoms with E-state index in [4.69, 9.17) is 8.83 Å². The number of hydrogen-bond acceptors (Lipinski definition) is 4. The first-order valence-electron chi connectivity index (χ1n) is 34.2. The zero-order valence-corrected chi connectivity index (χ0v) is 54.1. The summed E-state index contributed by atoms with van der Waals surface area (Å²) in [5.41, 5.74) is 17.2. The summed E-state index contributed by atoms with van der Waals surface area (Å²) in [6.45, 7) is 0. The Kier molecular flexibility index (Phi) is 12.3. The van der Waals surface area contributed by atoms with E-state index in [1.165, 1.54) is 64.9 Å². The van der Waals surface area contributed by atoms with Gasteiger partial charge in [-0.1, -0.05) is 206 Å². The van der Waals surface area contributed by atoms with E-state index in [-0.39, 0.29) is 0 Å². The predicted octanol–water partition coefficient (Wildman–Crippen LogP) is 26.6. The van der Waals surface area contributed by atoms with Crippen LogP contribution in [0.25, 0.3) is 164 Å². The minimum atomic E-state index is 0.866. The van der Waals surface area contributed by atoms with Crippen LogP contribution in [0.5, 0.6) is 0 Å². The van der Waals surface area contributed by atoms with Crippen LogP contribution < -0.4 is 9.80 Å². The van der Waals surface area contributed by atoms with Crippen molar-refractivity contribution >= 4 is 164 Å². The van der Waals surface area contributed by atoms with Crippen LogP contribution in [0, 0.1) is 0 Å². The highest BCUT2D eigenvalue weighted by Crippen LogP contribution is 2.48. The van der Waals surface area contributed by atoms with Crippen molar-refractivity contribution in [2.75, 3.05) is 9.80 Å². The predicted molar refractivity (Wildman–Crippen MR) is 420 cm³/mol. The van der Waals surface area contributed by atoms with E-state index in [2.05, 4.69) is 347 Å². The second-order valence-corrected chi connectivity index (χ2v) is 26.5. The second kappa shape index (κ2) is 22.1. The van der Waals surface area contributed by atoms with Gasteiger partial charge in [0.15, 0.2) is 0 Å². The van der Waals surface area contributed by atoms with Gasteiger partial charge in [0.05, 0.1) is 22.1 Å². The number of nitrogens with zero attached hydrogens (tertiary/aromatic N) is 4. The lowest BCUT2D eigenvalue weighted by Crippen LogP contribution is -2.09. The van der Waals surface area contributed by atoms with Gasteiger partial charge >= 0.3 is 0 Å². The Hall–Kier alpha value is -13.4. The van der Waals surface area contributed by atoms with Crippen LogP contribution in [0.2, 0.25) is 0 Å². The van der Waals surface area contributed by atoms with Crippen molar-refractivity contribution in [1.29, 1.82) is 0 Å². The summed E-state index contributed by atoms with van der Waals surface area (Å²) in [6.07, 6.45) is 0. The lowest BCUT2D eigenvalue weighted by molar-refractivity contribution is 0.631. The van der Waals surface area contributed by atoms with Crippen molar-refractivity contribution in [2.24, 2.45) is 0 Å².